The second kappa shape index (κ2) is 7.11. The van der Waals surface area contributed by atoms with Gasteiger partial charge in [0.1, 0.15) is 5.82 Å². The molecule has 1 aliphatic carbocycles. The van der Waals surface area contributed by atoms with Gasteiger partial charge in [-0.25, -0.2) is 4.39 Å². The highest BCUT2D eigenvalue weighted by Crippen LogP contribution is 2.37. The molecule has 2 aromatic heterocycles. The van der Waals surface area contributed by atoms with Crippen LogP contribution in [0, 0.1) is 11.7 Å². The Morgan fingerprint density at radius 3 is 2.58 bits per heavy atom. The number of aromatic nitrogens is 2. The lowest BCUT2D eigenvalue weighted by Crippen LogP contribution is -2.16. The van der Waals surface area contributed by atoms with Gasteiger partial charge in [-0.2, -0.15) is 5.10 Å². The van der Waals surface area contributed by atoms with Crippen molar-refractivity contribution in [3.63, 3.8) is 0 Å². The van der Waals surface area contributed by atoms with E-state index in [9.17, 15) is 9.18 Å². The molecule has 1 aromatic carbocycles. The van der Waals surface area contributed by atoms with Gasteiger partial charge in [0, 0.05) is 10.3 Å². The molecule has 2 N–H and O–H groups in total. The molecular formula is C20H20FN3OS. The Balaban J connectivity index is 1.78. The number of amides is 1. The van der Waals surface area contributed by atoms with Crippen LogP contribution < -0.4 is 5.73 Å². The molecular weight excluding hydrogens is 349 g/mol. The molecule has 4 nitrogen and oxygen atoms in total. The Morgan fingerprint density at radius 1 is 1.15 bits per heavy atom. The highest BCUT2D eigenvalue weighted by molar-refractivity contribution is 7.22. The molecule has 0 atom stereocenters. The minimum Gasteiger partial charge on any atom is -0.364 e. The quantitative estimate of drug-likeness (QED) is 0.723. The van der Waals surface area contributed by atoms with Crippen LogP contribution in [0.3, 0.4) is 0 Å². The summed E-state index contributed by atoms with van der Waals surface area (Å²) in [5.41, 5.74) is 7.55. The molecule has 6 heteroatoms. The summed E-state index contributed by atoms with van der Waals surface area (Å²) >= 11 is 1.46. The van der Waals surface area contributed by atoms with E-state index in [1.807, 2.05) is 6.07 Å². The summed E-state index contributed by atoms with van der Waals surface area (Å²) in [7, 11) is 0. The Kier molecular flexibility index (Phi) is 4.68. The Hall–Kier alpha value is -2.34. The van der Waals surface area contributed by atoms with Crippen molar-refractivity contribution in [1.82, 2.24) is 10.2 Å². The van der Waals surface area contributed by atoms with Crippen molar-refractivity contribution in [1.29, 1.82) is 0 Å². The van der Waals surface area contributed by atoms with E-state index < -0.39 is 5.91 Å². The van der Waals surface area contributed by atoms with Crippen LogP contribution in [0.15, 0.2) is 30.3 Å². The molecule has 3 aromatic rings. The Bertz CT molecular complexity index is 946. The van der Waals surface area contributed by atoms with Gasteiger partial charge in [-0.05, 0) is 36.1 Å². The number of carbonyl (C=O) groups is 1. The van der Waals surface area contributed by atoms with Gasteiger partial charge in [0.05, 0.1) is 10.4 Å². The fraction of sp³-hybridized carbons (Fsp3) is 0.350. The lowest BCUT2D eigenvalue weighted by atomic mass is 9.85. The molecule has 0 bridgehead atoms. The van der Waals surface area contributed by atoms with Gasteiger partial charge in [0.25, 0.3) is 5.91 Å². The number of carbonyl (C=O) groups excluding carboxylic acids is 1. The standard InChI is InChI=1S/C20H20FN3OS/c21-14-8-6-13(7-9-14)17-11-15-16(10-12-4-2-1-3-5-12)23-24-18(20(22)25)19(15)26-17/h6-9,11-12H,1-5,10H2,(H2,22,25). The zero-order valence-electron chi connectivity index (χ0n) is 14.4. The molecule has 0 spiro atoms. The number of rotatable bonds is 4. The topological polar surface area (TPSA) is 68.9 Å². The van der Waals surface area contributed by atoms with E-state index in [4.69, 9.17) is 5.73 Å². The number of primary amides is 1. The van der Waals surface area contributed by atoms with Crippen molar-refractivity contribution in [2.45, 2.75) is 38.5 Å². The monoisotopic (exact) mass is 369 g/mol. The largest absolute Gasteiger partial charge is 0.364 e. The summed E-state index contributed by atoms with van der Waals surface area (Å²) in [6.07, 6.45) is 7.16. The minimum atomic E-state index is -0.570. The molecule has 1 aliphatic rings. The summed E-state index contributed by atoms with van der Waals surface area (Å²) in [4.78, 5) is 12.7. The molecule has 134 valence electrons. The van der Waals surface area contributed by atoms with Gasteiger partial charge in [0.15, 0.2) is 5.69 Å². The smallest absolute Gasteiger partial charge is 0.270 e. The maximum absolute atomic E-state index is 13.2. The third-order valence-corrected chi connectivity index (χ3v) is 6.29. The first-order valence-electron chi connectivity index (χ1n) is 8.96. The second-order valence-electron chi connectivity index (χ2n) is 6.93. The van der Waals surface area contributed by atoms with E-state index in [0.717, 1.165) is 32.6 Å². The number of hydrogen-bond donors (Lipinski definition) is 1. The van der Waals surface area contributed by atoms with Gasteiger partial charge in [-0.15, -0.1) is 16.4 Å². The van der Waals surface area contributed by atoms with E-state index >= 15 is 0 Å². The Morgan fingerprint density at radius 2 is 1.88 bits per heavy atom. The van der Waals surface area contributed by atoms with Crippen molar-refractivity contribution in [3.05, 3.63) is 47.5 Å². The van der Waals surface area contributed by atoms with Crippen molar-refractivity contribution in [3.8, 4) is 10.4 Å². The maximum atomic E-state index is 13.2. The SMILES string of the molecule is NC(=O)c1nnc(CC2CCCCC2)c2cc(-c3ccc(F)cc3)sc12. The third-order valence-electron chi connectivity index (χ3n) is 5.10. The predicted octanol–water partition coefficient (Wildman–Crippen LogP) is 4.72. The van der Waals surface area contributed by atoms with E-state index in [1.54, 1.807) is 12.1 Å². The van der Waals surface area contributed by atoms with Crippen molar-refractivity contribution in [2.75, 3.05) is 0 Å². The minimum absolute atomic E-state index is 0.214. The van der Waals surface area contributed by atoms with Crippen LogP contribution in [-0.4, -0.2) is 16.1 Å². The fourth-order valence-electron chi connectivity index (χ4n) is 3.72. The van der Waals surface area contributed by atoms with Gasteiger partial charge >= 0.3 is 0 Å². The average Bonchev–Trinajstić information content (AvgIpc) is 3.09. The first-order chi connectivity index (χ1) is 12.6. The predicted molar refractivity (Wildman–Crippen MR) is 102 cm³/mol. The summed E-state index contributed by atoms with van der Waals surface area (Å²) in [6, 6.07) is 8.39. The number of fused-ring (bicyclic) bond motifs is 1. The number of nitrogens with two attached hydrogens (primary N) is 1. The van der Waals surface area contributed by atoms with Crippen LogP contribution in [0.5, 0.6) is 0 Å². The zero-order valence-corrected chi connectivity index (χ0v) is 15.2. The van der Waals surface area contributed by atoms with Crippen LogP contribution in [0.4, 0.5) is 4.39 Å². The molecule has 0 radical (unpaired) electrons. The highest BCUT2D eigenvalue weighted by Gasteiger charge is 2.21. The van der Waals surface area contributed by atoms with Crippen molar-refractivity contribution in [2.24, 2.45) is 11.7 Å². The van der Waals surface area contributed by atoms with E-state index in [-0.39, 0.29) is 11.5 Å². The Labute approximate surface area is 155 Å². The van der Waals surface area contributed by atoms with E-state index in [0.29, 0.717) is 5.92 Å². The zero-order chi connectivity index (χ0) is 18.1. The van der Waals surface area contributed by atoms with Gasteiger partial charge in [0.2, 0.25) is 0 Å². The molecule has 1 amide bonds. The molecule has 0 saturated heterocycles. The highest BCUT2D eigenvalue weighted by atomic mass is 32.1. The number of benzene rings is 1. The average molecular weight is 369 g/mol. The summed E-state index contributed by atoms with van der Waals surface area (Å²) < 4.78 is 14.0. The normalized spacial score (nSPS) is 15.4. The van der Waals surface area contributed by atoms with Crippen LogP contribution in [-0.2, 0) is 6.42 Å². The number of halogens is 1. The van der Waals surface area contributed by atoms with Gasteiger partial charge in [-0.3, -0.25) is 4.79 Å². The molecule has 0 unspecified atom stereocenters. The van der Waals surface area contributed by atoms with Gasteiger partial charge < -0.3 is 5.73 Å². The second-order valence-corrected chi connectivity index (χ2v) is 7.98. The molecule has 1 saturated carbocycles. The first-order valence-corrected chi connectivity index (χ1v) is 9.78. The first kappa shape index (κ1) is 17.1. The summed E-state index contributed by atoms with van der Waals surface area (Å²) in [5.74, 6) is -0.219. The fourth-order valence-corrected chi connectivity index (χ4v) is 4.90. The molecule has 26 heavy (non-hydrogen) atoms. The third kappa shape index (κ3) is 3.33. The van der Waals surface area contributed by atoms with E-state index in [2.05, 4.69) is 10.2 Å². The van der Waals surface area contributed by atoms with Crippen LogP contribution in [0.2, 0.25) is 0 Å². The molecule has 2 heterocycles. The summed E-state index contributed by atoms with van der Waals surface area (Å²) in [5, 5.41) is 9.41. The maximum Gasteiger partial charge on any atom is 0.270 e. The molecule has 4 rings (SSSR count). The number of nitrogens with zero attached hydrogens (tertiary/aromatic N) is 2. The number of thiophene rings is 1. The van der Waals surface area contributed by atoms with Gasteiger partial charge in [-0.1, -0.05) is 44.2 Å². The number of hydrogen-bond acceptors (Lipinski definition) is 4. The molecule has 0 aliphatic heterocycles. The van der Waals surface area contributed by atoms with E-state index in [1.165, 1.54) is 55.6 Å². The lowest BCUT2D eigenvalue weighted by Gasteiger charge is -2.21. The van der Waals surface area contributed by atoms with Crippen molar-refractivity contribution >= 4 is 27.3 Å². The van der Waals surface area contributed by atoms with Crippen molar-refractivity contribution < 1.29 is 9.18 Å². The lowest BCUT2D eigenvalue weighted by molar-refractivity contribution is 0.0996. The van der Waals surface area contributed by atoms with Crippen LogP contribution >= 0.6 is 11.3 Å². The van der Waals surface area contributed by atoms with Crippen LogP contribution in [0.1, 0.15) is 48.3 Å². The molecule has 1 fully saturated rings. The van der Waals surface area contributed by atoms with Crippen LogP contribution in [0.25, 0.3) is 20.5 Å². The summed E-state index contributed by atoms with van der Waals surface area (Å²) in [6.45, 7) is 0.